The molecular formula is C26H52N8O11. The van der Waals surface area contributed by atoms with Crippen LogP contribution in [-0.4, -0.2) is 167 Å². The molecule has 3 fully saturated rings. The molecule has 1 aliphatic carbocycles. The SMILES string of the molecule is CNC1C(O)C(OC2C(NC(=O)C(O)C(O)C(O)CN)CC(N)C(OC3OC(CN=C(N)CN)CCC3N)C2O)OCC1(C)O. The number of rotatable bonds is 13. The first-order valence-electron chi connectivity index (χ1n) is 15.0. The Balaban J connectivity index is 1.83. The van der Waals surface area contributed by atoms with E-state index in [0.717, 1.165) is 0 Å². The van der Waals surface area contributed by atoms with Gasteiger partial charge in [0.25, 0.3) is 5.91 Å². The van der Waals surface area contributed by atoms with Gasteiger partial charge < -0.3 is 88.9 Å². The smallest absolute Gasteiger partial charge is 0.251 e. The number of aliphatic hydroxyl groups excluding tert-OH is 5. The van der Waals surface area contributed by atoms with Crippen LogP contribution in [0.2, 0.25) is 0 Å². The third-order valence-electron chi connectivity index (χ3n) is 8.50. The van der Waals surface area contributed by atoms with Gasteiger partial charge in [0.1, 0.15) is 42.0 Å². The van der Waals surface area contributed by atoms with E-state index in [0.29, 0.717) is 12.8 Å². The van der Waals surface area contributed by atoms with E-state index in [4.69, 9.17) is 47.6 Å². The number of carbonyl (C=O) groups is 1. The average Bonchev–Trinajstić information content (AvgIpc) is 3.00. The Morgan fingerprint density at radius 2 is 1.73 bits per heavy atom. The summed E-state index contributed by atoms with van der Waals surface area (Å²) in [6, 6.07) is -3.53. The fraction of sp³-hybridized carbons (Fsp3) is 0.923. The van der Waals surface area contributed by atoms with Crippen LogP contribution >= 0.6 is 0 Å². The quantitative estimate of drug-likeness (QED) is 0.0649. The van der Waals surface area contributed by atoms with E-state index in [1.165, 1.54) is 14.0 Å². The summed E-state index contributed by atoms with van der Waals surface area (Å²) in [5, 5.41) is 68.8. The van der Waals surface area contributed by atoms with Crippen molar-refractivity contribution in [3.8, 4) is 0 Å². The van der Waals surface area contributed by atoms with Crippen LogP contribution in [0, 0.1) is 0 Å². The molecule has 18 N–H and O–H groups in total. The maximum atomic E-state index is 12.9. The maximum absolute atomic E-state index is 12.9. The van der Waals surface area contributed by atoms with Gasteiger partial charge in [-0.2, -0.15) is 0 Å². The number of aliphatic hydroxyl groups is 6. The summed E-state index contributed by atoms with van der Waals surface area (Å²) >= 11 is 0. The van der Waals surface area contributed by atoms with Gasteiger partial charge in [-0.3, -0.25) is 9.79 Å². The minimum absolute atomic E-state index is 0.0842. The second-order valence-electron chi connectivity index (χ2n) is 12.1. The lowest BCUT2D eigenvalue weighted by Gasteiger charge is -2.49. The van der Waals surface area contributed by atoms with Gasteiger partial charge in [-0.15, -0.1) is 0 Å². The first-order chi connectivity index (χ1) is 21.1. The number of ether oxygens (including phenoxy) is 4. The van der Waals surface area contributed by atoms with Gasteiger partial charge in [0, 0.05) is 12.6 Å². The standard InChI is InChI=1S/C26H52N8O11/c1-26(41)9-42-25(19(39)22(26)32-2)45-21-13(34-23(40)17(37)16(36)14(35)6-27)5-12(30)20(18(21)38)44-24-11(29)4-3-10(43-24)8-33-15(31)7-28/h10-14,16-22,24-25,32,35-39,41H,3-9,27-30H2,1-2H3,(H2,31,33)(H,34,40). The molecule has 2 aliphatic heterocycles. The zero-order valence-corrected chi connectivity index (χ0v) is 25.6. The second kappa shape index (κ2) is 16.4. The van der Waals surface area contributed by atoms with Crippen molar-refractivity contribution in [3.63, 3.8) is 0 Å². The lowest BCUT2D eigenvalue weighted by Crippen LogP contribution is -2.69. The topological polar surface area (TPSA) is 342 Å². The van der Waals surface area contributed by atoms with E-state index in [-0.39, 0.29) is 32.0 Å². The number of aliphatic imine (C=N–C) groups is 1. The molecule has 0 bridgehead atoms. The van der Waals surface area contributed by atoms with Crippen molar-refractivity contribution < 1.29 is 54.4 Å². The van der Waals surface area contributed by atoms with Gasteiger partial charge in [0.2, 0.25) is 0 Å². The van der Waals surface area contributed by atoms with E-state index in [9.17, 15) is 35.4 Å². The predicted octanol–water partition coefficient (Wildman–Crippen LogP) is -7.42. The van der Waals surface area contributed by atoms with Gasteiger partial charge in [0.15, 0.2) is 18.7 Å². The van der Waals surface area contributed by atoms with Crippen molar-refractivity contribution in [3.05, 3.63) is 0 Å². The molecule has 1 saturated carbocycles. The van der Waals surface area contributed by atoms with Gasteiger partial charge >= 0.3 is 0 Å². The number of amides is 1. The molecule has 19 nitrogen and oxygen atoms in total. The van der Waals surface area contributed by atoms with Crippen molar-refractivity contribution in [1.29, 1.82) is 0 Å². The summed E-state index contributed by atoms with van der Waals surface area (Å²) in [5.41, 5.74) is 27.8. The summed E-state index contributed by atoms with van der Waals surface area (Å²) in [6.45, 7) is 1.10. The highest BCUT2D eigenvalue weighted by Crippen LogP contribution is 2.32. The van der Waals surface area contributed by atoms with Crippen molar-refractivity contribution in [1.82, 2.24) is 10.6 Å². The minimum Gasteiger partial charge on any atom is -0.389 e. The largest absolute Gasteiger partial charge is 0.389 e. The van der Waals surface area contributed by atoms with Gasteiger partial charge in [-0.1, -0.05) is 0 Å². The molecule has 262 valence electrons. The molecule has 3 aliphatic rings. The van der Waals surface area contributed by atoms with E-state index in [1.54, 1.807) is 0 Å². The van der Waals surface area contributed by atoms with Crippen LogP contribution in [-0.2, 0) is 23.7 Å². The van der Waals surface area contributed by atoms with Crippen LogP contribution in [0.3, 0.4) is 0 Å². The fourth-order valence-electron chi connectivity index (χ4n) is 5.81. The van der Waals surface area contributed by atoms with E-state index >= 15 is 0 Å². The highest BCUT2D eigenvalue weighted by atomic mass is 16.7. The van der Waals surface area contributed by atoms with Crippen LogP contribution in [0.4, 0.5) is 0 Å². The summed E-state index contributed by atoms with van der Waals surface area (Å²) in [7, 11) is 1.53. The number of nitrogens with two attached hydrogens (primary N) is 5. The molecule has 0 spiro atoms. The zero-order chi connectivity index (χ0) is 33.6. The first kappa shape index (κ1) is 37.8. The Morgan fingerprint density at radius 1 is 1.07 bits per heavy atom. The molecule has 15 unspecified atom stereocenters. The molecule has 0 aromatic carbocycles. The molecule has 0 aromatic rings. The number of likely N-dealkylation sites (N-methyl/N-ethyl adjacent to an activating group) is 1. The van der Waals surface area contributed by atoms with Crippen LogP contribution < -0.4 is 39.3 Å². The Morgan fingerprint density at radius 3 is 2.36 bits per heavy atom. The summed E-state index contributed by atoms with van der Waals surface area (Å²) < 4.78 is 23.8. The Labute approximate surface area is 261 Å². The molecule has 0 aromatic heterocycles. The Hall–Kier alpha value is -1.66. The molecule has 19 heteroatoms. The summed E-state index contributed by atoms with van der Waals surface area (Å²) in [5.74, 6) is -0.848. The number of nitrogens with one attached hydrogen (secondary N) is 2. The maximum Gasteiger partial charge on any atom is 0.251 e. The van der Waals surface area contributed by atoms with Gasteiger partial charge in [-0.05, 0) is 33.2 Å². The van der Waals surface area contributed by atoms with Crippen molar-refractivity contribution in [2.75, 3.05) is 33.3 Å². The van der Waals surface area contributed by atoms with Crippen LogP contribution in [0.5, 0.6) is 0 Å². The third kappa shape index (κ3) is 9.24. The highest BCUT2D eigenvalue weighted by molar-refractivity contribution is 5.82. The fourth-order valence-corrected chi connectivity index (χ4v) is 5.81. The molecule has 45 heavy (non-hydrogen) atoms. The molecule has 15 atom stereocenters. The monoisotopic (exact) mass is 652 g/mol. The summed E-state index contributed by atoms with van der Waals surface area (Å²) in [6.07, 6.45) is -12.9. The van der Waals surface area contributed by atoms with Crippen molar-refractivity contribution in [2.24, 2.45) is 33.7 Å². The Bertz CT molecular complexity index is 983. The molecular weight excluding hydrogens is 600 g/mol. The third-order valence-corrected chi connectivity index (χ3v) is 8.50. The molecule has 3 rings (SSSR count). The Kier molecular flexibility index (Phi) is 13.8. The summed E-state index contributed by atoms with van der Waals surface area (Å²) in [4.78, 5) is 17.1. The number of amidine groups is 1. The van der Waals surface area contributed by atoms with Crippen LogP contribution in [0.15, 0.2) is 4.99 Å². The number of hydrogen-bond acceptors (Lipinski definition) is 17. The van der Waals surface area contributed by atoms with Crippen LogP contribution in [0.25, 0.3) is 0 Å². The second-order valence-corrected chi connectivity index (χ2v) is 12.1. The normalized spacial score (nSPS) is 41.7. The zero-order valence-electron chi connectivity index (χ0n) is 25.6. The lowest BCUT2D eigenvalue weighted by molar-refractivity contribution is -0.307. The average molecular weight is 653 g/mol. The number of carbonyl (C=O) groups excluding carboxylic acids is 1. The predicted molar refractivity (Wildman–Crippen MR) is 158 cm³/mol. The first-order valence-corrected chi connectivity index (χ1v) is 15.0. The highest BCUT2D eigenvalue weighted by Gasteiger charge is 2.52. The van der Waals surface area contributed by atoms with Gasteiger partial charge in [0.05, 0.1) is 50.0 Å². The van der Waals surface area contributed by atoms with E-state index in [2.05, 4.69) is 15.6 Å². The number of nitrogens with zero attached hydrogens (tertiary/aromatic N) is 1. The van der Waals surface area contributed by atoms with E-state index < -0.39 is 104 Å². The van der Waals surface area contributed by atoms with E-state index in [1.807, 2.05) is 0 Å². The van der Waals surface area contributed by atoms with Crippen molar-refractivity contribution in [2.45, 2.75) is 117 Å². The lowest BCUT2D eigenvalue weighted by atomic mass is 9.83. The number of hydrogen-bond donors (Lipinski definition) is 13. The molecule has 0 radical (unpaired) electrons. The molecule has 2 heterocycles. The van der Waals surface area contributed by atoms with Crippen LogP contribution in [0.1, 0.15) is 26.2 Å². The van der Waals surface area contributed by atoms with Gasteiger partial charge in [-0.25, -0.2) is 0 Å². The molecule has 2 saturated heterocycles. The van der Waals surface area contributed by atoms with Crippen molar-refractivity contribution >= 4 is 11.7 Å². The molecule has 1 amide bonds. The minimum atomic E-state index is -2.09.